The largest absolute Gasteiger partial charge is 0.485 e. The summed E-state index contributed by atoms with van der Waals surface area (Å²) in [6.07, 6.45) is 0.230. The minimum absolute atomic E-state index is 0.230. The second-order valence-electron chi connectivity index (χ2n) is 4.67. The van der Waals surface area contributed by atoms with Gasteiger partial charge in [0.1, 0.15) is 11.9 Å². The van der Waals surface area contributed by atoms with Crippen LogP contribution in [0.2, 0.25) is 0 Å². The summed E-state index contributed by atoms with van der Waals surface area (Å²) in [5.41, 5.74) is 1.10. The Balaban J connectivity index is 1.83. The molecular formula is C13H20N2O. The Morgan fingerprint density at radius 1 is 1.44 bits per heavy atom. The molecule has 3 heteroatoms. The highest BCUT2D eigenvalue weighted by Gasteiger charge is 2.17. The summed E-state index contributed by atoms with van der Waals surface area (Å²) in [7, 11) is 0. The van der Waals surface area contributed by atoms with Gasteiger partial charge >= 0.3 is 0 Å². The van der Waals surface area contributed by atoms with Gasteiger partial charge in [0, 0.05) is 6.54 Å². The molecular weight excluding hydrogens is 200 g/mol. The molecule has 1 atom stereocenters. The van der Waals surface area contributed by atoms with Gasteiger partial charge in [-0.2, -0.15) is 0 Å². The van der Waals surface area contributed by atoms with Crippen LogP contribution >= 0.6 is 0 Å². The average Bonchev–Trinajstić information content (AvgIpc) is 2.28. The van der Waals surface area contributed by atoms with Gasteiger partial charge in [0.05, 0.1) is 12.2 Å². The monoisotopic (exact) mass is 220 g/mol. The maximum atomic E-state index is 5.89. The summed E-state index contributed by atoms with van der Waals surface area (Å²) in [4.78, 5) is 0. The molecule has 88 valence electrons. The summed E-state index contributed by atoms with van der Waals surface area (Å²) >= 11 is 0. The second-order valence-corrected chi connectivity index (χ2v) is 4.67. The Labute approximate surface area is 97.2 Å². The molecule has 0 fully saturated rings. The van der Waals surface area contributed by atoms with E-state index in [-0.39, 0.29) is 6.10 Å². The third kappa shape index (κ3) is 2.89. The van der Waals surface area contributed by atoms with Crippen LogP contribution in [0.3, 0.4) is 0 Å². The first-order valence-corrected chi connectivity index (χ1v) is 5.96. The number of ether oxygens (including phenoxy) is 1. The molecule has 1 aromatic rings. The molecule has 0 spiro atoms. The minimum atomic E-state index is 0.230. The highest BCUT2D eigenvalue weighted by Crippen LogP contribution is 2.27. The van der Waals surface area contributed by atoms with Crippen LogP contribution in [0, 0.1) is 5.92 Å². The van der Waals surface area contributed by atoms with E-state index in [0.717, 1.165) is 31.1 Å². The van der Waals surface area contributed by atoms with Crippen LogP contribution in [0.1, 0.15) is 13.8 Å². The van der Waals surface area contributed by atoms with Crippen molar-refractivity contribution in [2.45, 2.75) is 20.0 Å². The van der Waals surface area contributed by atoms with Crippen molar-refractivity contribution in [1.29, 1.82) is 0 Å². The van der Waals surface area contributed by atoms with E-state index in [1.807, 2.05) is 24.3 Å². The van der Waals surface area contributed by atoms with Crippen molar-refractivity contribution in [3.05, 3.63) is 24.3 Å². The molecule has 3 nitrogen and oxygen atoms in total. The van der Waals surface area contributed by atoms with Crippen molar-refractivity contribution >= 4 is 5.69 Å². The minimum Gasteiger partial charge on any atom is -0.485 e. The molecule has 0 aliphatic carbocycles. The van der Waals surface area contributed by atoms with E-state index in [9.17, 15) is 0 Å². The molecule has 0 bridgehead atoms. The Morgan fingerprint density at radius 3 is 3.06 bits per heavy atom. The summed E-state index contributed by atoms with van der Waals surface area (Å²) in [5.74, 6) is 1.65. The third-order valence-corrected chi connectivity index (χ3v) is 2.63. The molecule has 16 heavy (non-hydrogen) atoms. The fourth-order valence-electron chi connectivity index (χ4n) is 1.81. The molecule has 1 aliphatic rings. The van der Waals surface area contributed by atoms with Crippen LogP contribution in [-0.4, -0.2) is 25.7 Å². The second kappa shape index (κ2) is 5.21. The van der Waals surface area contributed by atoms with Gasteiger partial charge in [-0.1, -0.05) is 26.0 Å². The lowest BCUT2D eigenvalue weighted by Crippen LogP contribution is -2.40. The van der Waals surface area contributed by atoms with E-state index in [0.29, 0.717) is 5.92 Å². The first-order chi connectivity index (χ1) is 7.75. The van der Waals surface area contributed by atoms with Gasteiger partial charge in [-0.15, -0.1) is 0 Å². The number of hydrogen-bond donors (Lipinski definition) is 2. The van der Waals surface area contributed by atoms with Crippen LogP contribution < -0.4 is 15.4 Å². The Kier molecular flexibility index (Phi) is 3.67. The topological polar surface area (TPSA) is 33.3 Å². The summed E-state index contributed by atoms with van der Waals surface area (Å²) in [6, 6.07) is 8.08. The smallest absolute Gasteiger partial charge is 0.142 e. The molecule has 0 aromatic heterocycles. The SMILES string of the molecule is CC(C)CNCC1CNc2ccccc2O1. The van der Waals surface area contributed by atoms with E-state index < -0.39 is 0 Å². The van der Waals surface area contributed by atoms with Gasteiger partial charge in [0.15, 0.2) is 0 Å². The van der Waals surface area contributed by atoms with Crippen molar-refractivity contribution in [3.63, 3.8) is 0 Å². The van der Waals surface area contributed by atoms with Crippen LogP contribution in [-0.2, 0) is 0 Å². The Morgan fingerprint density at radius 2 is 2.25 bits per heavy atom. The Bertz CT molecular complexity index is 338. The van der Waals surface area contributed by atoms with E-state index in [4.69, 9.17) is 4.74 Å². The van der Waals surface area contributed by atoms with Gasteiger partial charge in [0.25, 0.3) is 0 Å². The van der Waals surface area contributed by atoms with Gasteiger partial charge in [0.2, 0.25) is 0 Å². The maximum Gasteiger partial charge on any atom is 0.142 e. The number of nitrogens with one attached hydrogen (secondary N) is 2. The van der Waals surface area contributed by atoms with Crippen LogP contribution in [0.15, 0.2) is 24.3 Å². The third-order valence-electron chi connectivity index (χ3n) is 2.63. The lowest BCUT2D eigenvalue weighted by Gasteiger charge is -2.27. The molecule has 1 aliphatic heterocycles. The summed E-state index contributed by atoms with van der Waals surface area (Å²) < 4.78 is 5.89. The highest BCUT2D eigenvalue weighted by atomic mass is 16.5. The first-order valence-electron chi connectivity index (χ1n) is 5.96. The normalized spacial score (nSPS) is 18.8. The van der Waals surface area contributed by atoms with Crippen molar-refractivity contribution in [2.24, 2.45) is 5.92 Å². The lowest BCUT2D eigenvalue weighted by atomic mass is 10.2. The summed E-state index contributed by atoms with van der Waals surface area (Å²) in [5, 5.41) is 6.81. The fraction of sp³-hybridized carbons (Fsp3) is 0.538. The molecule has 2 N–H and O–H groups in total. The molecule has 0 saturated carbocycles. The van der Waals surface area contributed by atoms with Gasteiger partial charge in [-0.25, -0.2) is 0 Å². The zero-order chi connectivity index (χ0) is 11.4. The number of benzene rings is 1. The number of hydrogen-bond acceptors (Lipinski definition) is 3. The average molecular weight is 220 g/mol. The van der Waals surface area contributed by atoms with Crippen molar-refractivity contribution < 1.29 is 4.74 Å². The zero-order valence-corrected chi connectivity index (χ0v) is 9.99. The van der Waals surface area contributed by atoms with Crippen molar-refractivity contribution in [2.75, 3.05) is 25.0 Å². The molecule has 2 rings (SSSR count). The lowest BCUT2D eigenvalue weighted by molar-refractivity contribution is 0.200. The number of para-hydroxylation sites is 2. The van der Waals surface area contributed by atoms with Crippen LogP contribution in [0.5, 0.6) is 5.75 Å². The van der Waals surface area contributed by atoms with Gasteiger partial charge in [-0.05, 0) is 24.6 Å². The predicted octanol–water partition coefficient (Wildman–Crippen LogP) is 2.11. The van der Waals surface area contributed by atoms with E-state index in [1.54, 1.807) is 0 Å². The zero-order valence-electron chi connectivity index (χ0n) is 9.99. The fourth-order valence-corrected chi connectivity index (χ4v) is 1.81. The van der Waals surface area contributed by atoms with Gasteiger partial charge in [-0.3, -0.25) is 0 Å². The highest BCUT2D eigenvalue weighted by molar-refractivity contribution is 5.57. The van der Waals surface area contributed by atoms with Crippen molar-refractivity contribution in [1.82, 2.24) is 5.32 Å². The molecule has 0 saturated heterocycles. The van der Waals surface area contributed by atoms with Crippen LogP contribution in [0.25, 0.3) is 0 Å². The van der Waals surface area contributed by atoms with Crippen LogP contribution in [0.4, 0.5) is 5.69 Å². The summed E-state index contributed by atoms with van der Waals surface area (Å²) in [6.45, 7) is 7.24. The quantitative estimate of drug-likeness (QED) is 0.815. The van der Waals surface area contributed by atoms with Crippen molar-refractivity contribution in [3.8, 4) is 5.75 Å². The first kappa shape index (κ1) is 11.3. The van der Waals surface area contributed by atoms with E-state index >= 15 is 0 Å². The number of fused-ring (bicyclic) bond motifs is 1. The molecule has 0 amide bonds. The molecule has 1 heterocycles. The molecule has 1 unspecified atom stereocenters. The Hall–Kier alpha value is -1.22. The van der Waals surface area contributed by atoms with E-state index in [2.05, 4.69) is 24.5 Å². The predicted molar refractivity (Wildman–Crippen MR) is 67.1 cm³/mol. The maximum absolute atomic E-state index is 5.89. The van der Waals surface area contributed by atoms with Gasteiger partial charge < -0.3 is 15.4 Å². The standard InChI is InChI=1S/C13H20N2O/c1-10(2)7-14-8-11-9-15-12-5-3-4-6-13(12)16-11/h3-6,10-11,14-15H,7-9H2,1-2H3. The molecule has 1 aromatic carbocycles. The number of rotatable bonds is 4. The van der Waals surface area contributed by atoms with E-state index in [1.165, 1.54) is 0 Å². The number of anilines is 1. The molecule has 0 radical (unpaired) electrons.